The molecule has 6 aromatic carbocycles. The van der Waals surface area contributed by atoms with Crippen LogP contribution >= 0.6 is 0 Å². The molecule has 0 fully saturated rings. The van der Waals surface area contributed by atoms with Gasteiger partial charge in [0, 0.05) is 17.3 Å². The van der Waals surface area contributed by atoms with Crippen LogP contribution in [0.15, 0.2) is 134 Å². The fraction of sp³-hybridized carbons (Fsp3) is 0. The molecular weight excluding hydrogens is 472 g/mol. The van der Waals surface area contributed by atoms with E-state index in [2.05, 4.69) is 126 Å². The lowest BCUT2D eigenvalue weighted by atomic mass is 9.87. The summed E-state index contributed by atoms with van der Waals surface area (Å²) in [6, 6.07) is 46.3. The molecule has 0 aliphatic heterocycles. The minimum Gasteiger partial charge on any atom is -0.308 e. The Morgan fingerprint density at radius 1 is 0.436 bits per heavy atom. The predicted octanol–water partition coefficient (Wildman–Crippen LogP) is 9.80. The molecule has 2 nitrogen and oxygen atoms in total. The minimum atomic E-state index is 1.04. The number of hydrogen-bond acceptors (Lipinski definition) is 1. The van der Waals surface area contributed by atoms with Crippen molar-refractivity contribution in [1.29, 1.82) is 0 Å². The van der Waals surface area contributed by atoms with Crippen LogP contribution in [-0.2, 0) is 0 Å². The molecule has 1 aliphatic carbocycles. The van der Waals surface area contributed by atoms with E-state index in [9.17, 15) is 0 Å². The van der Waals surface area contributed by atoms with Gasteiger partial charge in [-0.2, -0.15) is 0 Å². The van der Waals surface area contributed by atoms with Crippen LogP contribution in [0.3, 0.4) is 0 Å². The average Bonchev–Trinajstić information content (AvgIpc) is 3.52. The van der Waals surface area contributed by atoms with Crippen LogP contribution in [0.2, 0.25) is 0 Å². The second-order valence-corrected chi connectivity index (χ2v) is 10.3. The fourth-order valence-corrected chi connectivity index (χ4v) is 6.81. The lowest BCUT2D eigenvalue weighted by Gasteiger charge is -2.16. The summed E-state index contributed by atoms with van der Waals surface area (Å²) in [7, 11) is 0. The van der Waals surface area contributed by atoms with Crippen molar-refractivity contribution >= 4 is 43.5 Å². The summed E-state index contributed by atoms with van der Waals surface area (Å²) in [5, 5.41) is 6.47. The van der Waals surface area contributed by atoms with Gasteiger partial charge in [-0.25, -0.2) is 0 Å². The van der Waals surface area contributed by atoms with Crippen molar-refractivity contribution in [3.63, 3.8) is 0 Å². The predicted molar refractivity (Wildman–Crippen MR) is 163 cm³/mol. The van der Waals surface area contributed by atoms with E-state index < -0.39 is 0 Å². The number of benzene rings is 6. The normalized spacial score (nSPS) is 12.1. The van der Waals surface area contributed by atoms with E-state index in [0.29, 0.717) is 0 Å². The Kier molecular flexibility index (Phi) is 4.08. The molecule has 0 saturated carbocycles. The summed E-state index contributed by atoms with van der Waals surface area (Å²) >= 11 is 0. The van der Waals surface area contributed by atoms with Gasteiger partial charge in [0.15, 0.2) is 0 Å². The molecule has 0 bridgehead atoms. The summed E-state index contributed by atoms with van der Waals surface area (Å²) < 4.78 is 2.33. The zero-order chi connectivity index (χ0) is 25.5. The second kappa shape index (κ2) is 7.66. The van der Waals surface area contributed by atoms with E-state index in [1.54, 1.807) is 0 Å². The van der Waals surface area contributed by atoms with Crippen molar-refractivity contribution < 1.29 is 0 Å². The van der Waals surface area contributed by atoms with Crippen LogP contribution < -0.4 is 0 Å². The third kappa shape index (κ3) is 2.73. The Morgan fingerprint density at radius 3 is 1.97 bits per heavy atom. The highest BCUT2D eigenvalue weighted by molar-refractivity contribution is 6.29. The van der Waals surface area contributed by atoms with E-state index >= 15 is 0 Å². The first-order valence-electron chi connectivity index (χ1n) is 13.4. The zero-order valence-corrected chi connectivity index (χ0v) is 21.1. The van der Waals surface area contributed by atoms with E-state index in [4.69, 9.17) is 4.98 Å². The maximum atomic E-state index is 4.71. The molecular formula is C37H22N2. The van der Waals surface area contributed by atoms with E-state index in [-0.39, 0.29) is 0 Å². The largest absolute Gasteiger partial charge is 0.308 e. The van der Waals surface area contributed by atoms with Crippen LogP contribution in [0.25, 0.3) is 82.5 Å². The molecule has 0 atom stereocenters. The molecule has 39 heavy (non-hydrogen) atoms. The Labute approximate surface area is 225 Å². The van der Waals surface area contributed by atoms with Crippen molar-refractivity contribution in [3.8, 4) is 39.1 Å². The topological polar surface area (TPSA) is 17.8 Å². The smallest absolute Gasteiger partial charge is 0.0963 e. The van der Waals surface area contributed by atoms with Gasteiger partial charge >= 0.3 is 0 Å². The van der Waals surface area contributed by atoms with Crippen LogP contribution in [-0.4, -0.2) is 9.55 Å². The number of rotatable bonds is 2. The maximum absolute atomic E-state index is 4.71. The number of fused-ring (bicyclic) bond motifs is 8. The molecule has 0 saturated heterocycles. The first-order valence-corrected chi connectivity index (χ1v) is 13.4. The van der Waals surface area contributed by atoms with Crippen LogP contribution in [0.5, 0.6) is 0 Å². The first-order chi connectivity index (χ1) is 19.4. The highest BCUT2D eigenvalue weighted by atomic mass is 15.0. The zero-order valence-electron chi connectivity index (χ0n) is 21.1. The van der Waals surface area contributed by atoms with Gasteiger partial charge in [0.2, 0.25) is 0 Å². The van der Waals surface area contributed by atoms with E-state index in [1.807, 2.05) is 12.3 Å². The summed E-state index contributed by atoms with van der Waals surface area (Å²) in [6.45, 7) is 0. The number of nitrogens with zero attached hydrogens (tertiary/aromatic N) is 2. The van der Waals surface area contributed by atoms with E-state index in [0.717, 1.165) is 16.7 Å². The third-order valence-corrected chi connectivity index (χ3v) is 8.38. The molecule has 0 amide bonds. The number of hydrogen-bond donors (Lipinski definition) is 0. The van der Waals surface area contributed by atoms with Crippen molar-refractivity contribution in [2.75, 3.05) is 0 Å². The average molecular weight is 495 g/mol. The van der Waals surface area contributed by atoms with Gasteiger partial charge in [-0.1, -0.05) is 97.1 Å². The molecule has 2 heterocycles. The molecule has 0 spiro atoms. The Hall–Kier alpha value is -5.21. The third-order valence-electron chi connectivity index (χ3n) is 8.38. The van der Waals surface area contributed by atoms with Gasteiger partial charge < -0.3 is 4.57 Å². The van der Waals surface area contributed by atoms with Crippen LogP contribution in [0, 0.1) is 0 Å². The molecule has 180 valence electrons. The minimum absolute atomic E-state index is 1.04. The lowest BCUT2D eigenvalue weighted by Crippen LogP contribution is -1.94. The standard InChI is InChI=1S/C37H22N2/c1-3-11-27-25(9-1)28-14-7-15-29-26-10-2-4-12-30(26)36(35(28)29)34(27)23-18-20-24(21-19-23)39-32-16-6-5-13-31(32)37-33(39)17-8-22-38-37/h1-22H. The molecule has 9 rings (SSSR count). The highest BCUT2D eigenvalue weighted by Gasteiger charge is 2.26. The lowest BCUT2D eigenvalue weighted by molar-refractivity contribution is 1.18. The van der Waals surface area contributed by atoms with Crippen molar-refractivity contribution in [1.82, 2.24) is 9.55 Å². The molecule has 0 N–H and O–H groups in total. The molecule has 8 aromatic rings. The number of para-hydroxylation sites is 1. The second-order valence-electron chi connectivity index (χ2n) is 10.3. The summed E-state index contributed by atoms with van der Waals surface area (Å²) in [6.07, 6.45) is 1.88. The fourth-order valence-electron chi connectivity index (χ4n) is 6.81. The Bertz CT molecular complexity index is 2220. The molecule has 0 radical (unpaired) electrons. The maximum Gasteiger partial charge on any atom is 0.0963 e. The van der Waals surface area contributed by atoms with Gasteiger partial charge in [-0.05, 0) is 85.3 Å². The molecule has 2 aromatic heterocycles. The summed E-state index contributed by atoms with van der Waals surface area (Å²) in [5.74, 6) is 0. The molecule has 2 heteroatoms. The quantitative estimate of drug-likeness (QED) is 0.219. The van der Waals surface area contributed by atoms with Crippen LogP contribution in [0.4, 0.5) is 0 Å². The van der Waals surface area contributed by atoms with E-state index in [1.165, 1.54) is 65.8 Å². The number of pyridine rings is 1. The first kappa shape index (κ1) is 20.8. The van der Waals surface area contributed by atoms with Crippen LogP contribution in [0.1, 0.15) is 0 Å². The monoisotopic (exact) mass is 494 g/mol. The summed E-state index contributed by atoms with van der Waals surface area (Å²) in [4.78, 5) is 4.71. The van der Waals surface area contributed by atoms with Gasteiger partial charge in [0.1, 0.15) is 0 Å². The molecule has 1 aliphatic rings. The van der Waals surface area contributed by atoms with Crippen molar-refractivity contribution in [2.45, 2.75) is 0 Å². The van der Waals surface area contributed by atoms with Gasteiger partial charge in [0.05, 0.1) is 16.6 Å². The summed E-state index contributed by atoms with van der Waals surface area (Å²) in [5.41, 5.74) is 12.3. The highest BCUT2D eigenvalue weighted by Crippen LogP contribution is 2.54. The van der Waals surface area contributed by atoms with Gasteiger partial charge in [-0.15, -0.1) is 0 Å². The van der Waals surface area contributed by atoms with Gasteiger partial charge in [0.25, 0.3) is 0 Å². The Balaban J connectivity index is 1.34. The number of aromatic nitrogens is 2. The SMILES string of the molecule is c1ccc2c(c1)-c1cccc3c1c-2c(-c1ccc(-n2c4ccccc4c4ncccc42)cc1)c1ccccc13. The van der Waals surface area contributed by atoms with Gasteiger partial charge in [-0.3, -0.25) is 4.98 Å². The van der Waals surface area contributed by atoms with Crippen molar-refractivity contribution in [2.24, 2.45) is 0 Å². The Morgan fingerprint density at radius 2 is 1.10 bits per heavy atom. The molecule has 0 unspecified atom stereocenters. The van der Waals surface area contributed by atoms with Crippen molar-refractivity contribution in [3.05, 3.63) is 134 Å².